The maximum absolute atomic E-state index is 10.8. The monoisotopic (exact) mass is 214 g/mol. The molecule has 76 valence electrons. The molecule has 0 aromatic carbocycles. The minimum atomic E-state index is -0.471. The first-order valence-electron chi connectivity index (χ1n) is 4.10. The van der Waals surface area contributed by atoms with Gasteiger partial charge in [0.05, 0.1) is 6.20 Å². The van der Waals surface area contributed by atoms with E-state index in [0.29, 0.717) is 11.6 Å². The van der Waals surface area contributed by atoms with Crippen molar-refractivity contribution in [2.45, 2.75) is 13.8 Å². The Morgan fingerprint density at radius 2 is 2.43 bits per heavy atom. The average Bonchev–Trinajstić information content (AvgIpc) is 2.10. The van der Waals surface area contributed by atoms with Crippen molar-refractivity contribution in [2.75, 3.05) is 6.61 Å². The van der Waals surface area contributed by atoms with Crippen molar-refractivity contribution in [3.63, 3.8) is 0 Å². The number of H-pyrrole nitrogens is 1. The largest absolute Gasteiger partial charge is 0.474 e. The van der Waals surface area contributed by atoms with Crippen LogP contribution in [0.2, 0.25) is 5.02 Å². The Bertz CT molecular complexity index is 394. The Kier molecular flexibility index (Phi) is 3.71. The minimum Gasteiger partial charge on any atom is -0.474 e. The third-order valence-corrected chi connectivity index (χ3v) is 1.72. The summed E-state index contributed by atoms with van der Waals surface area (Å²) >= 11 is 5.73. The molecule has 1 rings (SSSR count). The summed E-state index contributed by atoms with van der Waals surface area (Å²) in [5, 5.41) is 0.298. The number of aromatic nitrogens is 2. The van der Waals surface area contributed by atoms with Crippen LogP contribution in [0.3, 0.4) is 0 Å². The van der Waals surface area contributed by atoms with E-state index in [4.69, 9.17) is 16.3 Å². The second kappa shape index (κ2) is 4.81. The first-order chi connectivity index (χ1) is 6.59. The van der Waals surface area contributed by atoms with Crippen molar-refractivity contribution in [3.05, 3.63) is 33.4 Å². The van der Waals surface area contributed by atoms with Crippen LogP contribution < -0.4 is 10.4 Å². The summed E-state index contributed by atoms with van der Waals surface area (Å²) in [5.41, 5.74) is 0.666. The molecule has 14 heavy (non-hydrogen) atoms. The number of allylic oxidation sites excluding steroid dienone is 1. The first kappa shape index (κ1) is 10.8. The molecule has 5 heteroatoms. The van der Waals surface area contributed by atoms with Gasteiger partial charge in [-0.15, -0.1) is 0 Å². The molecule has 1 heterocycles. The highest BCUT2D eigenvalue weighted by molar-refractivity contribution is 6.31. The van der Waals surface area contributed by atoms with Crippen molar-refractivity contribution in [3.8, 4) is 5.88 Å². The van der Waals surface area contributed by atoms with Gasteiger partial charge in [-0.2, -0.15) is 4.98 Å². The van der Waals surface area contributed by atoms with Gasteiger partial charge in [-0.3, -0.25) is 4.98 Å². The van der Waals surface area contributed by atoms with Crippen LogP contribution in [0, 0.1) is 0 Å². The molecule has 1 N–H and O–H groups in total. The van der Waals surface area contributed by atoms with Crippen molar-refractivity contribution in [2.24, 2.45) is 0 Å². The van der Waals surface area contributed by atoms with Crippen LogP contribution in [-0.2, 0) is 0 Å². The van der Waals surface area contributed by atoms with Crippen molar-refractivity contribution in [1.29, 1.82) is 0 Å². The molecule has 0 bridgehead atoms. The molecule has 4 nitrogen and oxygen atoms in total. The summed E-state index contributed by atoms with van der Waals surface area (Å²) in [5.74, 6) is 0.254. The average molecular weight is 215 g/mol. The smallest absolute Gasteiger partial charge is 0.347 e. The van der Waals surface area contributed by atoms with E-state index in [-0.39, 0.29) is 5.88 Å². The van der Waals surface area contributed by atoms with Crippen molar-refractivity contribution in [1.82, 2.24) is 9.97 Å². The third-order valence-electron chi connectivity index (χ3n) is 1.45. The second-order valence-electron chi connectivity index (χ2n) is 2.96. The van der Waals surface area contributed by atoms with Gasteiger partial charge in [0.2, 0.25) is 5.88 Å². The normalized spacial score (nSPS) is 9.64. The highest BCUT2D eigenvalue weighted by Crippen LogP contribution is 2.17. The fraction of sp³-hybridized carbons (Fsp3) is 0.333. The summed E-state index contributed by atoms with van der Waals surface area (Å²) in [6.07, 6.45) is 3.15. The summed E-state index contributed by atoms with van der Waals surface area (Å²) in [6, 6.07) is 0. The quantitative estimate of drug-likeness (QED) is 0.781. The van der Waals surface area contributed by atoms with E-state index in [9.17, 15) is 4.79 Å². The zero-order chi connectivity index (χ0) is 10.6. The zero-order valence-corrected chi connectivity index (χ0v) is 8.76. The molecule has 0 aliphatic rings. The standard InChI is InChI=1S/C9H11ClN2O2/c1-6(2)3-4-14-8-7(10)5-11-9(13)12-8/h3,5H,4H2,1-2H3,(H,11,12,13). The molecule has 0 aliphatic carbocycles. The van der Waals surface area contributed by atoms with Gasteiger partial charge < -0.3 is 4.74 Å². The Hall–Kier alpha value is -1.29. The van der Waals surface area contributed by atoms with Gasteiger partial charge in [0, 0.05) is 0 Å². The fourth-order valence-corrected chi connectivity index (χ4v) is 0.910. The van der Waals surface area contributed by atoms with E-state index in [1.807, 2.05) is 19.9 Å². The molecule has 1 aromatic rings. The van der Waals surface area contributed by atoms with Crippen LogP contribution in [0.1, 0.15) is 13.8 Å². The molecule has 0 spiro atoms. The van der Waals surface area contributed by atoms with Gasteiger partial charge in [0.25, 0.3) is 0 Å². The van der Waals surface area contributed by atoms with E-state index < -0.39 is 5.69 Å². The van der Waals surface area contributed by atoms with Gasteiger partial charge >= 0.3 is 5.69 Å². The maximum atomic E-state index is 10.8. The van der Waals surface area contributed by atoms with Crippen LogP contribution in [0.15, 0.2) is 22.6 Å². The molecule has 0 saturated carbocycles. The molecule has 0 amide bonds. The molecule has 0 aliphatic heterocycles. The molecule has 1 aromatic heterocycles. The van der Waals surface area contributed by atoms with Crippen LogP contribution in [-0.4, -0.2) is 16.6 Å². The lowest BCUT2D eigenvalue weighted by atomic mass is 10.3. The van der Waals surface area contributed by atoms with Crippen LogP contribution >= 0.6 is 11.6 Å². The lowest BCUT2D eigenvalue weighted by Crippen LogP contribution is -2.11. The van der Waals surface area contributed by atoms with Gasteiger partial charge in [-0.1, -0.05) is 17.2 Å². The van der Waals surface area contributed by atoms with Gasteiger partial charge in [0.15, 0.2) is 0 Å². The topological polar surface area (TPSA) is 55.0 Å². The number of aromatic amines is 1. The summed E-state index contributed by atoms with van der Waals surface area (Å²) < 4.78 is 5.22. The van der Waals surface area contributed by atoms with Gasteiger partial charge in [-0.25, -0.2) is 4.79 Å². The van der Waals surface area contributed by atoms with Crippen molar-refractivity contribution >= 4 is 11.6 Å². The van der Waals surface area contributed by atoms with E-state index in [1.54, 1.807) is 0 Å². The van der Waals surface area contributed by atoms with Gasteiger partial charge in [0.1, 0.15) is 11.6 Å². The number of hydrogen-bond acceptors (Lipinski definition) is 3. The van der Waals surface area contributed by atoms with E-state index in [2.05, 4.69) is 9.97 Å². The highest BCUT2D eigenvalue weighted by atomic mass is 35.5. The summed E-state index contributed by atoms with van der Waals surface area (Å²) in [4.78, 5) is 16.7. The molecular weight excluding hydrogens is 204 g/mol. The lowest BCUT2D eigenvalue weighted by Gasteiger charge is -2.03. The summed E-state index contributed by atoms with van der Waals surface area (Å²) in [7, 11) is 0. The number of rotatable bonds is 3. The minimum absolute atomic E-state index is 0.254. The highest BCUT2D eigenvalue weighted by Gasteiger charge is 2.01. The molecule has 0 unspecified atom stereocenters. The fourth-order valence-electron chi connectivity index (χ4n) is 0.760. The number of nitrogens with zero attached hydrogens (tertiary/aromatic N) is 1. The Morgan fingerprint density at radius 3 is 3.07 bits per heavy atom. The van der Waals surface area contributed by atoms with Crippen LogP contribution in [0.5, 0.6) is 5.88 Å². The van der Waals surface area contributed by atoms with E-state index in [0.717, 1.165) is 5.57 Å². The van der Waals surface area contributed by atoms with Crippen LogP contribution in [0.4, 0.5) is 0 Å². The zero-order valence-electron chi connectivity index (χ0n) is 8.00. The molecule has 0 radical (unpaired) electrons. The van der Waals surface area contributed by atoms with E-state index >= 15 is 0 Å². The Morgan fingerprint density at radius 1 is 1.71 bits per heavy atom. The molecule has 0 saturated heterocycles. The number of ether oxygens (including phenoxy) is 1. The third kappa shape index (κ3) is 3.22. The molecule has 0 atom stereocenters. The number of halogens is 1. The number of hydrogen-bond donors (Lipinski definition) is 1. The number of nitrogens with one attached hydrogen (secondary N) is 1. The Labute approximate surface area is 86.6 Å². The molecular formula is C9H11ClN2O2. The SMILES string of the molecule is CC(C)=CCOc1[nH]c(=O)ncc1Cl. The Balaban J connectivity index is 2.72. The second-order valence-corrected chi connectivity index (χ2v) is 3.37. The predicted molar refractivity (Wildman–Crippen MR) is 54.8 cm³/mol. The lowest BCUT2D eigenvalue weighted by molar-refractivity contribution is 0.345. The maximum Gasteiger partial charge on any atom is 0.347 e. The van der Waals surface area contributed by atoms with Gasteiger partial charge in [-0.05, 0) is 19.9 Å². The van der Waals surface area contributed by atoms with E-state index in [1.165, 1.54) is 6.20 Å². The predicted octanol–water partition coefficient (Wildman–Crippen LogP) is 1.77. The van der Waals surface area contributed by atoms with Crippen molar-refractivity contribution < 1.29 is 4.74 Å². The molecule has 0 fully saturated rings. The first-order valence-corrected chi connectivity index (χ1v) is 4.48. The van der Waals surface area contributed by atoms with Crippen LogP contribution in [0.25, 0.3) is 0 Å². The summed E-state index contributed by atoms with van der Waals surface area (Å²) in [6.45, 7) is 4.29.